The van der Waals surface area contributed by atoms with Crippen molar-refractivity contribution in [1.82, 2.24) is 4.90 Å². The summed E-state index contributed by atoms with van der Waals surface area (Å²) in [6.07, 6.45) is 5.81. The Morgan fingerprint density at radius 2 is 2.05 bits per heavy atom. The van der Waals surface area contributed by atoms with Crippen molar-refractivity contribution in [2.75, 3.05) is 13.2 Å². The van der Waals surface area contributed by atoms with Gasteiger partial charge in [-0.1, -0.05) is 22.9 Å². The van der Waals surface area contributed by atoms with E-state index in [2.05, 4.69) is 39.9 Å². The van der Waals surface area contributed by atoms with Crippen LogP contribution < -0.4 is 10.5 Å². The van der Waals surface area contributed by atoms with Crippen LogP contribution in [-0.2, 0) is 13.0 Å². The van der Waals surface area contributed by atoms with Crippen molar-refractivity contribution in [2.24, 2.45) is 5.73 Å². The van der Waals surface area contributed by atoms with Crippen LogP contribution >= 0.6 is 15.9 Å². The number of halogens is 1. The first kappa shape index (κ1) is 15.3. The molecule has 1 aromatic carbocycles. The van der Waals surface area contributed by atoms with Crippen LogP contribution in [0.5, 0.6) is 5.75 Å². The maximum absolute atomic E-state index is 6.04. The lowest BCUT2D eigenvalue weighted by Gasteiger charge is -2.35. The van der Waals surface area contributed by atoms with E-state index in [4.69, 9.17) is 10.5 Å². The van der Waals surface area contributed by atoms with Crippen molar-refractivity contribution in [3.05, 3.63) is 27.7 Å². The van der Waals surface area contributed by atoms with E-state index >= 15 is 0 Å². The van der Waals surface area contributed by atoms with Crippen LogP contribution in [0.2, 0.25) is 0 Å². The fourth-order valence-electron chi connectivity index (χ4n) is 3.65. The van der Waals surface area contributed by atoms with E-state index in [1.807, 2.05) is 0 Å². The Bertz CT molecular complexity index is 498. The molecular formula is C17H25BrN2O. The number of rotatable bonds is 4. The van der Waals surface area contributed by atoms with Gasteiger partial charge in [0.25, 0.3) is 0 Å². The average molecular weight is 353 g/mol. The topological polar surface area (TPSA) is 38.5 Å². The van der Waals surface area contributed by atoms with Crippen molar-refractivity contribution >= 4 is 15.9 Å². The molecule has 0 bridgehead atoms. The van der Waals surface area contributed by atoms with Crippen molar-refractivity contribution in [1.29, 1.82) is 0 Å². The Morgan fingerprint density at radius 1 is 1.29 bits per heavy atom. The average Bonchev–Trinajstić information content (AvgIpc) is 2.94. The maximum atomic E-state index is 6.04. The molecule has 0 spiro atoms. The summed E-state index contributed by atoms with van der Waals surface area (Å²) in [6, 6.07) is 5.51. The van der Waals surface area contributed by atoms with Crippen LogP contribution in [0.1, 0.15) is 43.7 Å². The highest BCUT2D eigenvalue weighted by atomic mass is 79.9. The molecule has 4 heteroatoms. The van der Waals surface area contributed by atoms with Gasteiger partial charge in [-0.25, -0.2) is 0 Å². The fraction of sp³-hybridized carbons (Fsp3) is 0.647. The molecule has 0 saturated heterocycles. The third kappa shape index (κ3) is 3.43. The predicted octanol–water partition coefficient (Wildman–Crippen LogP) is 3.48. The van der Waals surface area contributed by atoms with Crippen molar-refractivity contribution < 1.29 is 4.74 Å². The summed E-state index contributed by atoms with van der Waals surface area (Å²) < 4.78 is 7.04. The normalized spacial score (nSPS) is 25.0. The lowest BCUT2D eigenvalue weighted by Crippen LogP contribution is -2.40. The van der Waals surface area contributed by atoms with Gasteiger partial charge in [-0.15, -0.1) is 0 Å². The molecule has 1 aromatic rings. The van der Waals surface area contributed by atoms with Crippen LogP contribution in [0, 0.1) is 0 Å². The molecule has 116 valence electrons. The molecule has 1 heterocycles. The molecular weight excluding hydrogens is 328 g/mol. The molecule has 2 N–H and O–H groups in total. The number of nitrogens with two attached hydrogens (primary N) is 1. The SMILES string of the molecule is CCN(Cc1cc(Br)cc2c1OCC2)C1CCC(N)CC1. The van der Waals surface area contributed by atoms with Gasteiger partial charge in [-0.2, -0.15) is 0 Å². The second kappa shape index (κ2) is 6.67. The molecule has 0 aromatic heterocycles. The van der Waals surface area contributed by atoms with Crippen molar-refractivity contribution in [3.63, 3.8) is 0 Å². The Labute approximate surface area is 136 Å². The summed E-state index contributed by atoms with van der Waals surface area (Å²) in [5.74, 6) is 1.13. The zero-order valence-corrected chi connectivity index (χ0v) is 14.4. The van der Waals surface area contributed by atoms with Crippen LogP contribution in [0.4, 0.5) is 0 Å². The third-order valence-electron chi connectivity index (χ3n) is 4.86. The van der Waals surface area contributed by atoms with Gasteiger partial charge in [0.1, 0.15) is 5.75 Å². The van der Waals surface area contributed by atoms with Gasteiger partial charge >= 0.3 is 0 Å². The van der Waals surface area contributed by atoms with E-state index in [0.29, 0.717) is 12.1 Å². The molecule has 0 radical (unpaired) electrons. The van der Waals surface area contributed by atoms with Gasteiger partial charge in [-0.3, -0.25) is 4.90 Å². The molecule has 1 saturated carbocycles. The summed E-state index contributed by atoms with van der Waals surface area (Å²) in [6.45, 7) is 5.15. The third-order valence-corrected chi connectivity index (χ3v) is 5.32. The van der Waals surface area contributed by atoms with E-state index in [1.54, 1.807) is 0 Å². The Kier molecular flexibility index (Phi) is 4.87. The maximum Gasteiger partial charge on any atom is 0.127 e. The minimum atomic E-state index is 0.415. The highest BCUT2D eigenvalue weighted by Crippen LogP contribution is 2.34. The van der Waals surface area contributed by atoms with Gasteiger partial charge in [0.15, 0.2) is 0 Å². The minimum Gasteiger partial charge on any atom is -0.493 e. The standard InChI is InChI=1S/C17H25BrN2O/c1-2-20(16-5-3-15(19)4-6-16)11-13-10-14(18)9-12-7-8-21-17(12)13/h9-10,15-16H,2-8,11,19H2,1H3. The molecule has 1 aliphatic carbocycles. The molecule has 0 amide bonds. The fourth-order valence-corrected chi connectivity index (χ4v) is 4.20. The molecule has 3 rings (SSSR count). The lowest BCUT2D eigenvalue weighted by atomic mass is 9.90. The molecule has 0 unspecified atom stereocenters. The molecule has 1 aliphatic heterocycles. The molecule has 2 aliphatic rings. The largest absolute Gasteiger partial charge is 0.493 e. The van der Waals surface area contributed by atoms with Gasteiger partial charge in [-0.05, 0) is 49.9 Å². The van der Waals surface area contributed by atoms with E-state index in [-0.39, 0.29) is 0 Å². The summed E-state index contributed by atoms with van der Waals surface area (Å²) in [5.41, 5.74) is 8.72. The molecule has 3 nitrogen and oxygen atoms in total. The number of ether oxygens (including phenoxy) is 1. The predicted molar refractivity (Wildman–Crippen MR) is 89.7 cm³/mol. The summed E-state index contributed by atoms with van der Waals surface area (Å²) in [5, 5.41) is 0. The number of nitrogens with zero attached hydrogens (tertiary/aromatic N) is 1. The molecule has 21 heavy (non-hydrogen) atoms. The van der Waals surface area contributed by atoms with Gasteiger partial charge < -0.3 is 10.5 Å². The van der Waals surface area contributed by atoms with Gasteiger partial charge in [0.05, 0.1) is 6.61 Å². The van der Waals surface area contributed by atoms with E-state index in [1.165, 1.54) is 28.4 Å². The summed E-state index contributed by atoms with van der Waals surface area (Å²) in [4.78, 5) is 2.59. The van der Waals surface area contributed by atoms with Crippen molar-refractivity contribution in [3.8, 4) is 5.75 Å². The molecule has 0 atom stereocenters. The van der Waals surface area contributed by atoms with E-state index < -0.39 is 0 Å². The Hall–Kier alpha value is -0.580. The Morgan fingerprint density at radius 3 is 2.76 bits per heavy atom. The zero-order valence-electron chi connectivity index (χ0n) is 12.8. The second-order valence-electron chi connectivity index (χ2n) is 6.28. The minimum absolute atomic E-state index is 0.415. The van der Waals surface area contributed by atoms with Crippen LogP contribution in [0.3, 0.4) is 0 Å². The quantitative estimate of drug-likeness (QED) is 0.901. The lowest BCUT2D eigenvalue weighted by molar-refractivity contribution is 0.148. The number of fused-ring (bicyclic) bond motifs is 1. The zero-order chi connectivity index (χ0) is 14.8. The van der Waals surface area contributed by atoms with Gasteiger partial charge in [0.2, 0.25) is 0 Å². The Balaban J connectivity index is 1.75. The second-order valence-corrected chi connectivity index (χ2v) is 7.20. The van der Waals surface area contributed by atoms with Crippen molar-refractivity contribution in [2.45, 2.75) is 57.7 Å². The number of hydrogen-bond acceptors (Lipinski definition) is 3. The summed E-state index contributed by atoms with van der Waals surface area (Å²) in [7, 11) is 0. The van der Waals surface area contributed by atoms with E-state index in [0.717, 1.165) is 44.7 Å². The first-order valence-electron chi connectivity index (χ1n) is 8.11. The smallest absolute Gasteiger partial charge is 0.127 e. The monoisotopic (exact) mass is 352 g/mol. The highest BCUT2D eigenvalue weighted by Gasteiger charge is 2.25. The van der Waals surface area contributed by atoms with Gasteiger partial charge in [0, 0.05) is 35.1 Å². The van der Waals surface area contributed by atoms with E-state index in [9.17, 15) is 0 Å². The van der Waals surface area contributed by atoms with Crippen LogP contribution in [0.15, 0.2) is 16.6 Å². The van der Waals surface area contributed by atoms with Crippen LogP contribution in [0.25, 0.3) is 0 Å². The number of benzene rings is 1. The van der Waals surface area contributed by atoms with Crippen LogP contribution in [-0.4, -0.2) is 30.1 Å². The highest BCUT2D eigenvalue weighted by molar-refractivity contribution is 9.10. The molecule has 1 fully saturated rings. The first-order chi connectivity index (χ1) is 10.2. The number of hydrogen-bond donors (Lipinski definition) is 1. The summed E-state index contributed by atoms with van der Waals surface area (Å²) >= 11 is 3.64. The first-order valence-corrected chi connectivity index (χ1v) is 8.90.